The summed E-state index contributed by atoms with van der Waals surface area (Å²) in [6, 6.07) is 8.73. The van der Waals surface area contributed by atoms with Gasteiger partial charge in [-0.15, -0.1) is 24.0 Å². The van der Waals surface area contributed by atoms with Crippen LogP contribution in [-0.2, 0) is 4.79 Å². The Morgan fingerprint density at radius 1 is 1.13 bits per heavy atom. The second-order valence-corrected chi connectivity index (χ2v) is 8.75. The van der Waals surface area contributed by atoms with Gasteiger partial charge in [0.05, 0.1) is 0 Å². The van der Waals surface area contributed by atoms with Gasteiger partial charge in [0.25, 0.3) is 0 Å². The predicted octanol–water partition coefficient (Wildman–Crippen LogP) is 3.22. The van der Waals surface area contributed by atoms with E-state index < -0.39 is 0 Å². The second kappa shape index (κ2) is 13.3. The summed E-state index contributed by atoms with van der Waals surface area (Å²) in [7, 11) is 0. The molecule has 1 aliphatic carbocycles. The first kappa shape index (κ1) is 25.9. The fourth-order valence-electron chi connectivity index (χ4n) is 4.01. The minimum Gasteiger partial charge on any atom is -0.357 e. The molecule has 0 radical (unpaired) electrons. The largest absolute Gasteiger partial charge is 0.357 e. The van der Waals surface area contributed by atoms with Crippen molar-refractivity contribution in [2.45, 2.75) is 46.0 Å². The van der Waals surface area contributed by atoms with Crippen LogP contribution in [0.5, 0.6) is 0 Å². The highest BCUT2D eigenvalue weighted by Gasteiger charge is 2.30. The average molecular weight is 542 g/mol. The van der Waals surface area contributed by atoms with Crippen LogP contribution in [0, 0.1) is 12.8 Å². The van der Waals surface area contributed by atoms with Crippen molar-refractivity contribution < 1.29 is 4.79 Å². The highest BCUT2D eigenvalue weighted by Crippen LogP contribution is 2.28. The maximum atomic E-state index is 12.4. The molecule has 6 nitrogen and oxygen atoms in total. The van der Waals surface area contributed by atoms with Gasteiger partial charge in [0, 0.05) is 64.2 Å². The van der Waals surface area contributed by atoms with Gasteiger partial charge >= 0.3 is 0 Å². The van der Waals surface area contributed by atoms with Gasteiger partial charge in [-0.3, -0.25) is 14.7 Å². The number of rotatable bonds is 8. The number of nitrogens with zero attached hydrogens (tertiary/aromatic N) is 3. The Kier molecular flexibility index (Phi) is 11.1. The maximum Gasteiger partial charge on any atom is 0.225 e. The van der Waals surface area contributed by atoms with E-state index in [1.54, 1.807) is 0 Å². The number of piperazine rings is 1. The monoisotopic (exact) mass is 541 g/mol. The lowest BCUT2D eigenvalue weighted by Crippen LogP contribution is -2.52. The molecule has 3 rings (SSSR count). The molecule has 2 aliphatic rings. The number of aliphatic imine (C=N–C) groups is 1. The molecule has 1 unspecified atom stereocenters. The average Bonchev–Trinajstić information content (AvgIpc) is 2.71. The van der Waals surface area contributed by atoms with Crippen molar-refractivity contribution in [2.24, 2.45) is 10.9 Å². The predicted molar refractivity (Wildman–Crippen MR) is 139 cm³/mol. The number of nitrogens with one attached hydrogen (secondary N) is 2. The Bertz CT molecular complexity index is 696. The summed E-state index contributed by atoms with van der Waals surface area (Å²) in [4.78, 5) is 21.7. The van der Waals surface area contributed by atoms with Gasteiger partial charge < -0.3 is 15.5 Å². The number of aryl methyl sites for hydroxylation is 1. The Morgan fingerprint density at radius 3 is 2.39 bits per heavy atom. The Labute approximate surface area is 205 Å². The maximum absolute atomic E-state index is 12.4. The van der Waals surface area contributed by atoms with Crippen molar-refractivity contribution in [3.05, 3.63) is 35.4 Å². The molecule has 1 atom stereocenters. The first-order valence-corrected chi connectivity index (χ1v) is 11.7. The van der Waals surface area contributed by atoms with Crippen molar-refractivity contribution in [1.29, 1.82) is 0 Å². The van der Waals surface area contributed by atoms with Crippen LogP contribution in [0.3, 0.4) is 0 Å². The van der Waals surface area contributed by atoms with E-state index in [0.717, 1.165) is 71.2 Å². The molecular weight excluding hydrogens is 501 g/mol. The zero-order valence-electron chi connectivity index (χ0n) is 19.4. The first-order valence-electron chi connectivity index (χ1n) is 11.7. The van der Waals surface area contributed by atoms with Crippen molar-refractivity contribution in [3.63, 3.8) is 0 Å². The third kappa shape index (κ3) is 7.93. The van der Waals surface area contributed by atoms with Crippen LogP contribution >= 0.6 is 24.0 Å². The fraction of sp³-hybridized carbons (Fsp3) is 0.667. The van der Waals surface area contributed by atoms with E-state index >= 15 is 0 Å². The Hall–Kier alpha value is -1.35. The molecule has 1 saturated carbocycles. The number of carbonyl (C=O) groups is 1. The first-order chi connectivity index (χ1) is 14.6. The SMILES string of the molecule is CCNC(=NCC(C)c1ccc(C)cc1)NCCN1CCN(C(=O)C2CCC2)CC1.I. The minimum absolute atomic E-state index is 0. The number of carbonyl (C=O) groups excluding carboxylic acids is 1. The standard InChI is InChI=1S/C24H39N5O.HI/c1-4-25-24(27-18-20(3)21-10-8-19(2)9-11-21)26-12-13-28-14-16-29(17-15-28)23(30)22-6-5-7-22;/h8-11,20,22H,4-7,12-18H2,1-3H3,(H2,25,26,27);1H. The zero-order valence-corrected chi connectivity index (χ0v) is 21.7. The highest BCUT2D eigenvalue weighted by atomic mass is 127. The number of hydrogen-bond donors (Lipinski definition) is 2. The lowest BCUT2D eigenvalue weighted by atomic mass is 9.84. The van der Waals surface area contributed by atoms with E-state index in [1.165, 1.54) is 17.5 Å². The van der Waals surface area contributed by atoms with E-state index in [9.17, 15) is 4.79 Å². The van der Waals surface area contributed by atoms with E-state index in [2.05, 4.69) is 65.5 Å². The molecule has 2 fully saturated rings. The van der Waals surface area contributed by atoms with Crippen molar-refractivity contribution in [3.8, 4) is 0 Å². The lowest BCUT2D eigenvalue weighted by Gasteiger charge is -2.38. The van der Waals surface area contributed by atoms with Gasteiger partial charge in [0.1, 0.15) is 0 Å². The normalized spacial score (nSPS) is 18.7. The van der Waals surface area contributed by atoms with E-state index in [1.807, 2.05) is 0 Å². The number of halogens is 1. The van der Waals surface area contributed by atoms with Crippen LogP contribution in [0.1, 0.15) is 50.2 Å². The van der Waals surface area contributed by atoms with Gasteiger partial charge in [-0.1, -0.05) is 43.2 Å². The quantitative estimate of drug-likeness (QED) is 0.302. The molecule has 1 aromatic rings. The van der Waals surface area contributed by atoms with Crippen molar-refractivity contribution >= 4 is 35.8 Å². The summed E-state index contributed by atoms with van der Waals surface area (Å²) in [6.07, 6.45) is 3.41. The molecule has 1 heterocycles. The minimum atomic E-state index is 0. The molecular formula is C24H40IN5O. The van der Waals surface area contributed by atoms with Crippen LogP contribution in [0.15, 0.2) is 29.3 Å². The van der Waals surface area contributed by atoms with Crippen LogP contribution in [0.25, 0.3) is 0 Å². The number of amides is 1. The second-order valence-electron chi connectivity index (χ2n) is 8.75. The van der Waals surface area contributed by atoms with Crippen LogP contribution in [0.2, 0.25) is 0 Å². The molecule has 174 valence electrons. The number of hydrogen-bond acceptors (Lipinski definition) is 3. The molecule has 0 bridgehead atoms. The van der Waals surface area contributed by atoms with E-state index in [4.69, 9.17) is 4.99 Å². The van der Waals surface area contributed by atoms with Gasteiger partial charge in [-0.2, -0.15) is 0 Å². The topological polar surface area (TPSA) is 60.0 Å². The summed E-state index contributed by atoms with van der Waals surface area (Å²) < 4.78 is 0. The number of guanidine groups is 1. The molecule has 1 aromatic carbocycles. The third-order valence-electron chi connectivity index (χ3n) is 6.37. The fourth-order valence-corrected chi connectivity index (χ4v) is 4.01. The Morgan fingerprint density at radius 2 is 1.81 bits per heavy atom. The van der Waals surface area contributed by atoms with Gasteiger partial charge in [0.2, 0.25) is 5.91 Å². The number of benzene rings is 1. The molecule has 2 N–H and O–H groups in total. The third-order valence-corrected chi connectivity index (χ3v) is 6.37. The molecule has 1 saturated heterocycles. The molecule has 1 amide bonds. The molecule has 31 heavy (non-hydrogen) atoms. The van der Waals surface area contributed by atoms with Gasteiger partial charge in [-0.25, -0.2) is 0 Å². The van der Waals surface area contributed by atoms with Crippen LogP contribution in [-0.4, -0.2) is 74.0 Å². The molecule has 1 aliphatic heterocycles. The summed E-state index contributed by atoms with van der Waals surface area (Å²) in [6.45, 7) is 13.6. The summed E-state index contributed by atoms with van der Waals surface area (Å²) in [5, 5.41) is 6.82. The van der Waals surface area contributed by atoms with Gasteiger partial charge in [-0.05, 0) is 32.3 Å². The van der Waals surface area contributed by atoms with Crippen molar-refractivity contribution in [2.75, 3.05) is 52.4 Å². The summed E-state index contributed by atoms with van der Waals surface area (Å²) in [5.74, 6) is 1.99. The molecule has 0 aromatic heterocycles. The highest BCUT2D eigenvalue weighted by molar-refractivity contribution is 14.0. The van der Waals surface area contributed by atoms with Crippen LogP contribution < -0.4 is 10.6 Å². The lowest BCUT2D eigenvalue weighted by molar-refractivity contribution is -0.139. The van der Waals surface area contributed by atoms with Crippen LogP contribution in [0.4, 0.5) is 0 Å². The van der Waals surface area contributed by atoms with Crippen molar-refractivity contribution in [1.82, 2.24) is 20.4 Å². The molecule has 0 spiro atoms. The van der Waals surface area contributed by atoms with Gasteiger partial charge in [0.15, 0.2) is 5.96 Å². The summed E-state index contributed by atoms with van der Waals surface area (Å²) >= 11 is 0. The van der Waals surface area contributed by atoms with E-state index in [0.29, 0.717) is 17.7 Å². The summed E-state index contributed by atoms with van der Waals surface area (Å²) in [5.41, 5.74) is 2.62. The Balaban J connectivity index is 0.00000341. The smallest absolute Gasteiger partial charge is 0.225 e. The van der Waals surface area contributed by atoms with E-state index in [-0.39, 0.29) is 24.0 Å². The zero-order chi connectivity index (χ0) is 21.3. The molecule has 7 heteroatoms.